The minimum absolute atomic E-state index is 0.293. The van der Waals surface area contributed by atoms with Gasteiger partial charge < -0.3 is 5.32 Å². The number of hydrogen-bond donors (Lipinski definition) is 1. The van der Waals surface area contributed by atoms with E-state index in [0.29, 0.717) is 16.9 Å². The van der Waals surface area contributed by atoms with Gasteiger partial charge >= 0.3 is 6.18 Å². The zero-order valence-electron chi connectivity index (χ0n) is 11.4. The summed E-state index contributed by atoms with van der Waals surface area (Å²) >= 11 is 2.99. The van der Waals surface area contributed by atoms with Crippen molar-refractivity contribution in [3.8, 4) is 0 Å². The van der Waals surface area contributed by atoms with Crippen molar-refractivity contribution < 1.29 is 18.0 Å². The van der Waals surface area contributed by atoms with Gasteiger partial charge in [0.1, 0.15) is 0 Å². The van der Waals surface area contributed by atoms with E-state index in [9.17, 15) is 18.0 Å². The van der Waals surface area contributed by atoms with Gasteiger partial charge in [-0.3, -0.25) is 4.79 Å². The molecule has 1 aromatic carbocycles. The van der Waals surface area contributed by atoms with E-state index in [1.807, 2.05) is 0 Å². The minimum atomic E-state index is -4.55. The van der Waals surface area contributed by atoms with Crippen LogP contribution in [-0.4, -0.2) is 12.5 Å². The maximum absolute atomic E-state index is 12.9. The molecule has 0 aliphatic rings. The predicted octanol–water partition coefficient (Wildman–Crippen LogP) is 4.63. The number of carbonyl (C=O) groups excluding carboxylic acids is 1. The average molecular weight is 352 g/mol. The van der Waals surface area contributed by atoms with E-state index in [4.69, 9.17) is 0 Å². The Kier molecular flexibility index (Phi) is 6.05. The van der Waals surface area contributed by atoms with Crippen molar-refractivity contribution in [3.05, 3.63) is 33.8 Å². The number of amides is 1. The van der Waals surface area contributed by atoms with Crippen molar-refractivity contribution in [1.29, 1.82) is 0 Å². The number of alkyl halides is 3. The lowest BCUT2D eigenvalue weighted by Gasteiger charge is -2.13. The third kappa shape index (κ3) is 5.15. The van der Waals surface area contributed by atoms with Gasteiger partial charge in [0.2, 0.25) is 0 Å². The lowest BCUT2D eigenvalue weighted by atomic mass is 10.1. The quantitative estimate of drug-likeness (QED) is 0.769. The molecule has 0 aromatic heterocycles. The van der Waals surface area contributed by atoms with Crippen LogP contribution in [0.15, 0.2) is 22.7 Å². The molecule has 1 aromatic rings. The molecule has 6 heteroatoms. The Hall–Kier alpha value is -1.04. The smallest absolute Gasteiger partial charge is 0.352 e. The summed E-state index contributed by atoms with van der Waals surface area (Å²) in [5.41, 5.74) is -1.27. The third-order valence-corrected chi connectivity index (χ3v) is 3.27. The summed E-state index contributed by atoms with van der Waals surface area (Å²) in [6, 6.07) is 3.53. The van der Waals surface area contributed by atoms with Gasteiger partial charge in [0, 0.05) is 11.0 Å². The summed E-state index contributed by atoms with van der Waals surface area (Å²) < 4.78 is 38.9. The molecule has 0 saturated carbocycles. The van der Waals surface area contributed by atoms with Gasteiger partial charge in [-0.05, 0) is 37.0 Å². The van der Waals surface area contributed by atoms with Crippen molar-refractivity contribution >= 4 is 21.8 Å². The van der Waals surface area contributed by atoms with Crippen molar-refractivity contribution in [2.75, 3.05) is 6.54 Å². The van der Waals surface area contributed by atoms with E-state index in [1.165, 1.54) is 12.1 Å². The van der Waals surface area contributed by atoms with Gasteiger partial charge in [0.05, 0.1) is 11.1 Å². The summed E-state index contributed by atoms with van der Waals surface area (Å²) in [4.78, 5) is 11.8. The van der Waals surface area contributed by atoms with Crippen molar-refractivity contribution in [3.63, 3.8) is 0 Å². The molecule has 0 fully saturated rings. The highest BCUT2D eigenvalue weighted by Gasteiger charge is 2.35. The summed E-state index contributed by atoms with van der Waals surface area (Å²) in [5.74, 6) is -0.182. The first kappa shape index (κ1) is 17.0. The second-order valence-electron chi connectivity index (χ2n) is 4.98. The van der Waals surface area contributed by atoms with Crippen molar-refractivity contribution in [2.45, 2.75) is 32.9 Å². The van der Waals surface area contributed by atoms with Gasteiger partial charge in [-0.1, -0.05) is 29.8 Å². The molecule has 112 valence electrons. The Labute approximate surface area is 124 Å². The van der Waals surface area contributed by atoms with E-state index >= 15 is 0 Å². The van der Waals surface area contributed by atoms with Gasteiger partial charge in [0.25, 0.3) is 5.91 Å². The topological polar surface area (TPSA) is 29.1 Å². The normalized spacial score (nSPS) is 11.8. The first-order valence-electron chi connectivity index (χ1n) is 6.36. The van der Waals surface area contributed by atoms with Gasteiger partial charge in [0.15, 0.2) is 0 Å². The molecule has 0 radical (unpaired) electrons. The Morgan fingerprint density at radius 3 is 2.55 bits per heavy atom. The Morgan fingerprint density at radius 2 is 2.00 bits per heavy atom. The molecule has 0 heterocycles. The largest absolute Gasteiger partial charge is 0.417 e. The van der Waals surface area contributed by atoms with Crippen LogP contribution in [0.4, 0.5) is 13.2 Å². The number of rotatable bonds is 5. The first-order valence-corrected chi connectivity index (χ1v) is 7.16. The Balaban J connectivity index is 2.78. The van der Waals surface area contributed by atoms with Crippen LogP contribution in [0.25, 0.3) is 0 Å². The molecular formula is C14H17BrF3NO. The van der Waals surface area contributed by atoms with E-state index in [1.54, 1.807) is 0 Å². The molecule has 1 rings (SSSR count). The van der Waals surface area contributed by atoms with Gasteiger partial charge in [-0.2, -0.15) is 13.2 Å². The summed E-state index contributed by atoms with van der Waals surface area (Å²) in [6.07, 6.45) is -2.87. The standard InChI is InChI=1S/C14H17BrF3NO/c1-9(2)4-3-7-19-13(20)11-6-5-10(15)8-12(11)14(16,17)18/h5-6,8-9H,3-4,7H2,1-2H3,(H,19,20). The van der Waals surface area contributed by atoms with Crippen molar-refractivity contribution in [2.24, 2.45) is 5.92 Å². The molecule has 0 saturated heterocycles. The number of benzene rings is 1. The van der Waals surface area contributed by atoms with Crippen LogP contribution in [0.2, 0.25) is 0 Å². The fourth-order valence-corrected chi connectivity index (χ4v) is 2.12. The van der Waals surface area contributed by atoms with E-state index in [-0.39, 0.29) is 5.56 Å². The second kappa shape index (κ2) is 7.11. The highest BCUT2D eigenvalue weighted by Crippen LogP contribution is 2.33. The Morgan fingerprint density at radius 1 is 1.35 bits per heavy atom. The lowest BCUT2D eigenvalue weighted by Crippen LogP contribution is -2.27. The third-order valence-electron chi connectivity index (χ3n) is 2.78. The van der Waals surface area contributed by atoms with E-state index < -0.39 is 17.6 Å². The van der Waals surface area contributed by atoms with Crippen LogP contribution in [0, 0.1) is 5.92 Å². The van der Waals surface area contributed by atoms with Crippen LogP contribution in [0.5, 0.6) is 0 Å². The van der Waals surface area contributed by atoms with Gasteiger partial charge in [-0.25, -0.2) is 0 Å². The Bertz CT molecular complexity index is 472. The highest BCUT2D eigenvalue weighted by atomic mass is 79.9. The molecule has 0 spiro atoms. The molecular weight excluding hydrogens is 335 g/mol. The van der Waals surface area contributed by atoms with Crippen LogP contribution < -0.4 is 5.32 Å². The molecule has 0 unspecified atom stereocenters. The zero-order valence-corrected chi connectivity index (χ0v) is 12.9. The van der Waals surface area contributed by atoms with Crippen LogP contribution in [0.1, 0.15) is 42.6 Å². The average Bonchev–Trinajstić information content (AvgIpc) is 2.33. The van der Waals surface area contributed by atoms with Crippen molar-refractivity contribution in [1.82, 2.24) is 5.32 Å². The first-order chi connectivity index (χ1) is 9.21. The zero-order chi connectivity index (χ0) is 15.3. The summed E-state index contributed by atoms with van der Waals surface area (Å²) in [5, 5.41) is 2.53. The monoisotopic (exact) mass is 351 g/mol. The SMILES string of the molecule is CC(C)CCCNC(=O)c1ccc(Br)cc1C(F)(F)F. The van der Waals surface area contributed by atoms with E-state index in [0.717, 1.165) is 18.9 Å². The maximum Gasteiger partial charge on any atom is 0.417 e. The second-order valence-corrected chi connectivity index (χ2v) is 5.90. The predicted molar refractivity (Wildman–Crippen MR) is 75.5 cm³/mol. The fraction of sp³-hybridized carbons (Fsp3) is 0.500. The molecule has 0 aliphatic heterocycles. The van der Waals surface area contributed by atoms with Crippen LogP contribution in [-0.2, 0) is 6.18 Å². The number of halogens is 4. The maximum atomic E-state index is 12.9. The van der Waals surface area contributed by atoms with Crippen LogP contribution >= 0.6 is 15.9 Å². The molecule has 1 N–H and O–H groups in total. The number of carbonyl (C=O) groups is 1. The molecule has 1 amide bonds. The molecule has 0 aliphatic carbocycles. The fourth-order valence-electron chi connectivity index (χ4n) is 1.76. The number of hydrogen-bond acceptors (Lipinski definition) is 1. The molecule has 0 bridgehead atoms. The van der Waals surface area contributed by atoms with E-state index in [2.05, 4.69) is 35.1 Å². The summed E-state index contributed by atoms with van der Waals surface area (Å²) in [6.45, 7) is 4.49. The molecule has 0 atom stereocenters. The highest BCUT2D eigenvalue weighted by molar-refractivity contribution is 9.10. The lowest BCUT2D eigenvalue weighted by molar-refractivity contribution is -0.138. The van der Waals surface area contributed by atoms with Gasteiger partial charge in [-0.15, -0.1) is 0 Å². The number of nitrogens with one attached hydrogen (secondary N) is 1. The molecule has 20 heavy (non-hydrogen) atoms. The van der Waals surface area contributed by atoms with Crippen LogP contribution in [0.3, 0.4) is 0 Å². The summed E-state index contributed by atoms with van der Waals surface area (Å²) in [7, 11) is 0. The minimum Gasteiger partial charge on any atom is -0.352 e. The molecule has 2 nitrogen and oxygen atoms in total.